The maximum atomic E-state index is 11.5. The predicted molar refractivity (Wildman–Crippen MR) is 52.3 cm³/mol. The third-order valence-electron chi connectivity index (χ3n) is 2.86. The Morgan fingerprint density at radius 2 is 2.31 bits per heavy atom. The molecule has 0 aromatic heterocycles. The first-order chi connectivity index (χ1) is 6.06. The van der Waals surface area contributed by atoms with Crippen LogP contribution in [0.4, 0.5) is 0 Å². The summed E-state index contributed by atoms with van der Waals surface area (Å²) in [6.07, 6.45) is 0. The molecule has 0 aliphatic carbocycles. The normalized spacial score (nSPS) is 27.8. The molecule has 76 valence electrons. The highest BCUT2D eigenvalue weighted by Gasteiger charge is 2.28. The highest BCUT2D eigenvalue weighted by Crippen LogP contribution is 2.10. The van der Waals surface area contributed by atoms with Crippen LogP contribution in [-0.2, 0) is 4.79 Å². The maximum absolute atomic E-state index is 11.5. The van der Waals surface area contributed by atoms with E-state index >= 15 is 0 Å². The Balaban J connectivity index is 2.58. The van der Waals surface area contributed by atoms with Gasteiger partial charge in [-0.2, -0.15) is 0 Å². The molecule has 0 radical (unpaired) electrons. The monoisotopic (exact) mass is 185 g/mol. The summed E-state index contributed by atoms with van der Waals surface area (Å²) >= 11 is 0. The van der Waals surface area contributed by atoms with E-state index in [1.807, 2.05) is 7.05 Å². The van der Waals surface area contributed by atoms with Crippen LogP contribution in [0.25, 0.3) is 0 Å². The van der Waals surface area contributed by atoms with Gasteiger partial charge in [0.15, 0.2) is 0 Å². The minimum absolute atomic E-state index is 0.194. The van der Waals surface area contributed by atoms with Gasteiger partial charge in [0.25, 0.3) is 0 Å². The lowest BCUT2D eigenvalue weighted by Crippen LogP contribution is -2.57. The van der Waals surface area contributed by atoms with Crippen LogP contribution in [-0.4, -0.2) is 54.5 Å². The zero-order chi connectivity index (χ0) is 10.0. The largest absolute Gasteiger partial charge is 0.341 e. The Morgan fingerprint density at radius 3 is 2.77 bits per heavy atom. The highest BCUT2D eigenvalue weighted by molar-refractivity contribution is 5.79. The molecule has 0 saturated carbocycles. The summed E-state index contributed by atoms with van der Waals surface area (Å²) in [5.74, 6) is 0.194. The summed E-state index contributed by atoms with van der Waals surface area (Å²) in [5, 5.41) is 0. The SMILES string of the molecule is CC(CN)N1CC(=O)N(C)C(C)C1. The first-order valence-corrected chi connectivity index (χ1v) is 4.76. The number of carbonyl (C=O) groups is 1. The van der Waals surface area contributed by atoms with Crippen molar-refractivity contribution in [1.29, 1.82) is 0 Å². The van der Waals surface area contributed by atoms with Gasteiger partial charge in [-0.25, -0.2) is 0 Å². The molecule has 1 rings (SSSR count). The molecular weight excluding hydrogens is 166 g/mol. The summed E-state index contributed by atoms with van der Waals surface area (Å²) in [6.45, 7) is 6.18. The van der Waals surface area contributed by atoms with Crippen LogP contribution in [0.2, 0.25) is 0 Å². The number of carbonyl (C=O) groups excluding carboxylic acids is 1. The van der Waals surface area contributed by atoms with Crippen LogP contribution >= 0.6 is 0 Å². The molecule has 1 saturated heterocycles. The average Bonchev–Trinajstić information content (AvgIpc) is 2.12. The number of nitrogens with two attached hydrogens (primary N) is 1. The quantitative estimate of drug-likeness (QED) is 0.631. The van der Waals surface area contributed by atoms with Gasteiger partial charge in [0.2, 0.25) is 5.91 Å². The first kappa shape index (κ1) is 10.5. The minimum Gasteiger partial charge on any atom is -0.341 e. The van der Waals surface area contributed by atoms with Crippen molar-refractivity contribution in [3.63, 3.8) is 0 Å². The number of hydrogen-bond donors (Lipinski definition) is 1. The molecule has 1 aliphatic rings. The van der Waals surface area contributed by atoms with Crippen molar-refractivity contribution >= 4 is 5.91 Å². The fraction of sp³-hybridized carbons (Fsp3) is 0.889. The molecule has 0 aromatic rings. The Morgan fingerprint density at radius 1 is 1.69 bits per heavy atom. The molecule has 13 heavy (non-hydrogen) atoms. The van der Waals surface area contributed by atoms with Crippen molar-refractivity contribution in [3.05, 3.63) is 0 Å². The molecule has 1 heterocycles. The Kier molecular flexibility index (Phi) is 3.27. The van der Waals surface area contributed by atoms with Crippen LogP contribution in [0.1, 0.15) is 13.8 Å². The third-order valence-corrected chi connectivity index (χ3v) is 2.86. The Bertz CT molecular complexity index is 195. The van der Waals surface area contributed by atoms with Crippen molar-refractivity contribution < 1.29 is 4.79 Å². The van der Waals surface area contributed by atoms with Crippen LogP contribution in [0.3, 0.4) is 0 Å². The van der Waals surface area contributed by atoms with E-state index in [1.165, 1.54) is 0 Å². The van der Waals surface area contributed by atoms with E-state index < -0.39 is 0 Å². The minimum atomic E-state index is 0.194. The zero-order valence-corrected chi connectivity index (χ0v) is 8.66. The molecule has 2 N–H and O–H groups in total. The average molecular weight is 185 g/mol. The van der Waals surface area contributed by atoms with Gasteiger partial charge in [-0.15, -0.1) is 0 Å². The zero-order valence-electron chi connectivity index (χ0n) is 8.66. The van der Waals surface area contributed by atoms with E-state index in [-0.39, 0.29) is 5.91 Å². The van der Waals surface area contributed by atoms with Crippen molar-refractivity contribution in [3.8, 4) is 0 Å². The van der Waals surface area contributed by atoms with E-state index in [1.54, 1.807) is 4.90 Å². The topological polar surface area (TPSA) is 49.6 Å². The second-order valence-corrected chi connectivity index (χ2v) is 3.87. The molecule has 4 nitrogen and oxygen atoms in total. The fourth-order valence-electron chi connectivity index (χ4n) is 1.54. The summed E-state index contributed by atoms with van der Waals surface area (Å²) < 4.78 is 0. The van der Waals surface area contributed by atoms with Gasteiger partial charge >= 0.3 is 0 Å². The summed E-state index contributed by atoms with van der Waals surface area (Å²) in [4.78, 5) is 15.4. The third kappa shape index (κ3) is 2.19. The van der Waals surface area contributed by atoms with Crippen molar-refractivity contribution in [2.24, 2.45) is 5.73 Å². The second kappa shape index (κ2) is 4.07. The van der Waals surface area contributed by atoms with Crippen molar-refractivity contribution in [2.45, 2.75) is 25.9 Å². The van der Waals surface area contributed by atoms with E-state index in [4.69, 9.17) is 5.73 Å². The van der Waals surface area contributed by atoms with Crippen LogP contribution in [0.15, 0.2) is 0 Å². The Hall–Kier alpha value is -0.610. The summed E-state index contributed by atoms with van der Waals surface area (Å²) in [7, 11) is 1.86. The Labute approximate surface area is 79.7 Å². The lowest BCUT2D eigenvalue weighted by atomic mass is 10.1. The number of nitrogens with zero attached hydrogens (tertiary/aromatic N) is 2. The van der Waals surface area contributed by atoms with Gasteiger partial charge < -0.3 is 10.6 Å². The molecule has 0 bridgehead atoms. The molecule has 0 spiro atoms. The highest BCUT2D eigenvalue weighted by atomic mass is 16.2. The molecule has 4 heteroatoms. The maximum Gasteiger partial charge on any atom is 0.236 e. The molecule has 2 atom stereocenters. The fourth-order valence-corrected chi connectivity index (χ4v) is 1.54. The molecule has 2 unspecified atom stereocenters. The van der Waals surface area contributed by atoms with Crippen LogP contribution in [0.5, 0.6) is 0 Å². The van der Waals surface area contributed by atoms with Crippen LogP contribution in [0, 0.1) is 0 Å². The molecule has 1 amide bonds. The van der Waals surface area contributed by atoms with Gasteiger partial charge in [0.05, 0.1) is 6.54 Å². The van der Waals surface area contributed by atoms with Gasteiger partial charge in [-0.1, -0.05) is 0 Å². The summed E-state index contributed by atoms with van der Waals surface area (Å²) in [6, 6.07) is 0.607. The number of rotatable bonds is 2. The van der Waals surface area contributed by atoms with Gasteiger partial charge in [0, 0.05) is 32.2 Å². The molecule has 1 aliphatic heterocycles. The number of hydrogen-bond acceptors (Lipinski definition) is 3. The number of amides is 1. The number of likely N-dealkylation sites (N-methyl/N-ethyl adjacent to an activating group) is 1. The van der Waals surface area contributed by atoms with Gasteiger partial charge in [-0.05, 0) is 13.8 Å². The van der Waals surface area contributed by atoms with Crippen molar-refractivity contribution in [1.82, 2.24) is 9.80 Å². The van der Waals surface area contributed by atoms with Crippen LogP contribution < -0.4 is 5.73 Å². The van der Waals surface area contributed by atoms with E-state index in [2.05, 4.69) is 18.7 Å². The van der Waals surface area contributed by atoms with Gasteiger partial charge in [-0.3, -0.25) is 9.69 Å². The molecule has 1 fully saturated rings. The standard InChI is InChI=1S/C9H19N3O/c1-7(4-10)12-5-8(2)11(3)9(13)6-12/h7-8H,4-6,10H2,1-3H3. The smallest absolute Gasteiger partial charge is 0.236 e. The number of piperazine rings is 1. The lowest BCUT2D eigenvalue weighted by molar-refractivity contribution is -0.138. The van der Waals surface area contributed by atoms with Gasteiger partial charge in [0.1, 0.15) is 0 Å². The molecular formula is C9H19N3O. The predicted octanol–water partition coefficient (Wildman–Crippen LogP) is -0.504. The van der Waals surface area contributed by atoms with Crippen molar-refractivity contribution in [2.75, 3.05) is 26.7 Å². The lowest BCUT2D eigenvalue weighted by Gasteiger charge is -2.39. The van der Waals surface area contributed by atoms with E-state index in [9.17, 15) is 4.79 Å². The summed E-state index contributed by atoms with van der Waals surface area (Å²) in [5.41, 5.74) is 5.56. The molecule has 0 aromatic carbocycles. The van der Waals surface area contributed by atoms with E-state index in [0.29, 0.717) is 25.2 Å². The first-order valence-electron chi connectivity index (χ1n) is 4.76. The second-order valence-electron chi connectivity index (χ2n) is 3.87. The van der Waals surface area contributed by atoms with E-state index in [0.717, 1.165) is 6.54 Å².